The Morgan fingerprint density at radius 3 is 1.17 bits per heavy atom. The van der Waals surface area contributed by atoms with Gasteiger partial charge in [-0.15, -0.1) is 0 Å². The first-order valence-corrected chi connectivity index (χ1v) is 6.24. The Morgan fingerprint density at radius 2 is 1.00 bits per heavy atom. The molecule has 0 bridgehead atoms. The molecule has 0 atom stereocenters. The van der Waals surface area contributed by atoms with E-state index in [9.17, 15) is 19.2 Å². The average molecular weight is 338 g/mol. The zero-order valence-corrected chi connectivity index (χ0v) is 13.1. The van der Waals surface area contributed by atoms with Crippen molar-refractivity contribution >= 4 is 23.9 Å². The number of carboxylic acids is 4. The minimum atomic E-state index is -1.13. The molecule has 130 valence electrons. The summed E-state index contributed by atoms with van der Waals surface area (Å²) in [5.41, 5.74) is 0.315. The number of rotatable bonds is 4. The Balaban J connectivity index is 0. The molecular weight excluding hydrogens is 320 g/mol. The van der Waals surface area contributed by atoms with Gasteiger partial charge < -0.3 is 20.4 Å². The quantitative estimate of drug-likeness (QED) is 0.611. The predicted molar refractivity (Wildman–Crippen MR) is 85.3 cm³/mol. The molecule has 24 heavy (non-hydrogen) atoms. The maximum atomic E-state index is 10.4. The monoisotopic (exact) mass is 338 g/mol. The van der Waals surface area contributed by atoms with Crippen molar-refractivity contribution in [3.8, 4) is 0 Å². The lowest BCUT2D eigenvalue weighted by Gasteiger charge is -1.95. The topological polar surface area (TPSA) is 149 Å². The van der Waals surface area contributed by atoms with E-state index in [1.54, 1.807) is 0 Å². The van der Waals surface area contributed by atoms with Crippen molar-refractivity contribution in [2.45, 2.75) is 13.8 Å². The molecule has 0 aliphatic heterocycles. The number of aromatic carboxylic acids is 2. The van der Waals surface area contributed by atoms with E-state index in [1.165, 1.54) is 32.0 Å². The van der Waals surface area contributed by atoms with Crippen LogP contribution >= 0.6 is 0 Å². The van der Waals surface area contributed by atoms with Gasteiger partial charge in [-0.3, -0.25) is 0 Å². The fourth-order valence-electron chi connectivity index (χ4n) is 0.785. The zero-order chi connectivity index (χ0) is 19.4. The maximum absolute atomic E-state index is 10.4. The van der Waals surface area contributed by atoms with E-state index in [2.05, 4.69) is 13.2 Å². The average Bonchev–Trinajstić information content (AvgIpc) is 2.48. The van der Waals surface area contributed by atoms with Gasteiger partial charge in [-0.05, 0) is 32.0 Å². The molecule has 1 rings (SSSR count). The number of benzene rings is 1. The van der Waals surface area contributed by atoms with Crippen LogP contribution in [0, 0.1) is 0 Å². The third-order valence-electron chi connectivity index (χ3n) is 2.09. The minimum absolute atomic E-state index is 0.0186. The van der Waals surface area contributed by atoms with Gasteiger partial charge in [0.05, 0.1) is 11.1 Å². The maximum Gasteiger partial charge on any atom is 0.335 e. The second-order valence-corrected chi connectivity index (χ2v) is 4.36. The molecule has 8 nitrogen and oxygen atoms in total. The molecule has 4 N–H and O–H groups in total. The summed E-state index contributed by atoms with van der Waals surface area (Å²) in [5, 5.41) is 32.8. The van der Waals surface area contributed by atoms with Crippen LogP contribution in [0.3, 0.4) is 0 Å². The molecule has 8 heteroatoms. The number of hydrogen-bond acceptors (Lipinski definition) is 4. The Labute approximate surface area is 138 Å². The number of carboxylic acid groups (broad SMARTS) is 4. The fraction of sp³-hybridized carbons (Fsp3) is 0.125. The molecule has 0 aliphatic carbocycles. The molecule has 0 amide bonds. The Bertz CT molecular complexity index is 581. The van der Waals surface area contributed by atoms with Crippen molar-refractivity contribution in [1.82, 2.24) is 0 Å². The van der Waals surface area contributed by atoms with E-state index in [0.717, 1.165) is 6.07 Å². The molecule has 0 spiro atoms. The molecular formula is C16H18O8. The van der Waals surface area contributed by atoms with Gasteiger partial charge in [0.2, 0.25) is 0 Å². The Kier molecular flexibility index (Phi) is 10.7. The lowest BCUT2D eigenvalue weighted by molar-refractivity contribution is -0.133. The molecule has 1 aromatic rings. The SMILES string of the molecule is C=C(C)C(=O)O.C=C(C)C(=O)O.O=C(O)c1cccc(C(=O)O)c1. The van der Waals surface area contributed by atoms with Crippen molar-refractivity contribution in [3.63, 3.8) is 0 Å². The highest BCUT2D eigenvalue weighted by atomic mass is 16.4. The van der Waals surface area contributed by atoms with Crippen LogP contribution in [0.25, 0.3) is 0 Å². The summed E-state index contributed by atoms with van der Waals surface area (Å²) in [4.78, 5) is 40.0. The van der Waals surface area contributed by atoms with Crippen LogP contribution < -0.4 is 0 Å². The normalized spacial score (nSPS) is 8.42. The van der Waals surface area contributed by atoms with E-state index in [0.29, 0.717) is 0 Å². The molecule has 1 aromatic carbocycles. The number of hydrogen-bond donors (Lipinski definition) is 4. The van der Waals surface area contributed by atoms with Gasteiger partial charge in [-0.1, -0.05) is 19.2 Å². The first kappa shape index (κ1) is 22.9. The van der Waals surface area contributed by atoms with E-state index in [-0.39, 0.29) is 22.3 Å². The molecule has 0 aromatic heterocycles. The first-order valence-electron chi connectivity index (χ1n) is 6.24. The van der Waals surface area contributed by atoms with Gasteiger partial charge in [0, 0.05) is 11.1 Å². The molecule has 0 saturated carbocycles. The zero-order valence-electron chi connectivity index (χ0n) is 13.1. The highest BCUT2D eigenvalue weighted by molar-refractivity contribution is 5.93. The van der Waals surface area contributed by atoms with Gasteiger partial charge >= 0.3 is 23.9 Å². The van der Waals surface area contributed by atoms with Crippen molar-refractivity contribution in [2.24, 2.45) is 0 Å². The smallest absolute Gasteiger partial charge is 0.335 e. The minimum Gasteiger partial charge on any atom is -0.478 e. The van der Waals surface area contributed by atoms with E-state index in [1.807, 2.05) is 0 Å². The van der Waals surface area contributed by atoms with Crippen molar-refractivity contribution in [2.75, 3.05) is 0 Å². The standard InChI is InChI=1S/C8H6O4.2C4H6O2/c9-7(10)5-2-1-3-6(4-5)8(11)12;2*1-3(2)4(5)6/h1-4H,(H,9,10)(H,11,12);2*1H2,2H3,(H,5,6). The van der Waals surface area contributed by atoms with E-state index >= 15 is 0 Å². The highest BCUT2D eigenvalue weighted by Gasteiger charge is 2.06. The molecule has 0 saturated heterocycles. The van der Waals surface area contributed by atoms with Crippen molar-refractivity contribution in [3.05, 3.63) is 59.7 Å². The highest BCUT2D eigenvalue weighted by Crippen LogP contribution is 2.04. The van der Waals surface area contributed by atoms with Gasteiger partial charge in [-0.2, -0.15) is 0 Å². The summed E-state index contributed by atoms with van der Waals surface area (Å²) in [6.45, 7) is 9.20. The second kappa shape index (κ2) is 11.2. The largest absolute Gasteiger partial charge is 0.478 e. The summed E-state index contributed by atoms with van der Waals surface area (Å²) >= 11 is 0. The first-order chi connectivity index (χ1) is 10.9. The lowest BCUT2D eigenvalue weighted by atomic mass is 10.1. The Morgan fingerprint density at radius 1 is 0.750 bits per heavy atom. The number of aliphatic carboxylic acids is 2. The molecule has 0 unspecified atom stereocenters. The van der Waals surface area contributed by atoms with Crippen LogP contribution in [-0.2, 0) is 9.59 Å². The summed E-state index contributed by atoms with van der Waals surface area (Å²) in [6, 6.07) is 5.20. The van der Waals surface area contributed by atoms with Crippen molar-refractivity contribution < 1.29 is 39.6 Å². The van der Waals surface area contributed by atoms with Crippen LogP contribution in [0.4, 0.5) is 0 Å². The summed E-state index contributed by atoms with van der Waals surface area (Å²) < 4.78 is 0. The molecule has 0 radical (unpaired) electrons. The summed E-state index contributed by atoms with van der Waals surface area (Å²) in [6.07, 6.45) is 0. The van der Waals surface area contributed by atoms with Crippen LogP contribution in [0.15, 0.2) is 48.6 Å². The van der Waals surface area contributed by atoms with Crippen molar-refractivity contribution in [1.29, 1.82) is 0 Å². The van der Waals surface area contributed by atoms with Gasteiger partial charge in [0.1, 0.15) is 0 Å². The van der Waals surface area contributed by atoms with Crippen LogP contribution in [0.2, 0.25) is 0 Å². The van der Waals surface area contributed by atoms with Crippen LogP contribution in [0.5, 0.6) is 0 Å². The molecule has 0 aliphatic rings. The fourth-order valence-corrected chi connectivity index (χ4v) is 0.785. The predicted octanol–water partition coefficient (Wildman–Crippen LogP) is 2.38. The van der Waals surface area contributed by atoms with Crippen LogP contribution in [-0.4, -0.2) is 44.3 Å². The molecule has 0 heterocycles. The number of carbonyl (C=O) groups is 4. The van der Waals surface area contributed by atoms with E-state index in [4.69, 9.17) is 20.4 Å². The summed E-state index contributed by atoms with van der Waals surface area (Å²) in [5.74, 6) is -4.12. The third-order valence-corrected chi connectivity index (χ3v) is 2.09. The van der Waals surface area contributed by atoms with Gasteiger partial charge in [0.15, 0.2) is 0 Å². The second-order valence-electron chi connectivity index (χ2n) is 4.36. The third kappa shape index (κ3) is 11.3. The van der Waals surface area contributed by atoms with Gasteiger partial charge in [-0.25, -0.2) is 19.2 Å². The van der Waals surface area contributed by atoms with E-state index < -0.39 is 23.9 Å². The Hall–Kier alpha value is -3.42. The molecule has 0 fully saturated rings. The summed E-state index contributed by atoms with van der Waals surface area (Å²) in [7, 11) is 0. The van der Waals surface area contributed by atoms with Gasteiger partial charge in [0.25, 0.3) is 0 Å². The van der Waals surface area contributed by atoms with Crippen LogP contribution in [0.1, 0.15) is 34.6 Å². The lowest BCUT2D eigenvalue weighted by Crippen LogP contribution is -2.01.